The Morgan fingerprint density at radius 2 is 1.95 bits per heavy atom. The van der Waals surface area contributed by atoms with E-state index in [9.17, 15) is 9.18 Å². The van der Waals surface area contributed by atoms with Crippen LogP contribution >= 0.6 is 0 Å². The normalized spacial score (nSPS) is 18.4. The van der Waals surface area contributed by atoms with E-state index in [4.69, 9.17) is 9.47 Å². The molecule has 2 rings (SSSR count). The molecule has 0 radical (unpaired) electrons. The summed E-state index contributed by atoms with van der Waals surface area (Å²) in [6.07, 6.45) is 2.20. The van der Waals surface area contributed by atoms with Crippen LogP contribution in [0.4, 0.5) is 4.39 Å². The lowest BCUT2D eigenvalue weighted by Gasteiger charge is -2.22. The van der Waals surface area contributed by atoms with Crippen LogP contribution in [0.3, 0.4) is 0 Å². The van der Waals surface area contributed by atoms with Gasteiger partial charge in [0.15, 0.2) is 0 Å². The minimum Gasteiger partial charge on any atom is -0.497 e. The summed E-state index contributed by atoms with van der Waals surface area (Å²) in [5.41, 5.74) is 0.117. The molecular weight excluding hydrogens is 291 g/mol. The summed E-state index contributed by atoms with van der Waals surface area (Å²) in [5.74, 6) is -0.458. The van der Waals surface area contributed by atoms with Gasteiger partial charge in [-0.25, -0.2) is 4.79 Å². The van der Waals surface area contributed by atoms with E-state index in [0.29, 0.717) is 24.5 Å². The molecule has 0 saturated heterocycles. The molecular formula is C15H17FN2O4. The summed E-state index contributed by atoms with van der Waals surface area (Å²) < 4.78 is 24.1. The standard InChI is InChI=1S/C15H17FN2O4/c1-20-10-5-7-11(8-6-10)22-15(19)13-12(4-3-9-17-13)14(16)18-21-2/h4-8,13,17H,3,9H2,1-2H3. The molecule has 1 heterocycles. The molecule has 1 unspecified atom stereocenters. The van der Waals surface area contributed by atoms with E-state index >= 15 is 0 Å². The van der Waals surface area contributed by atoms with Crippen molar-refractivity contribution >= 4 is 11.9 Å². The quantitative estimate of drug-likeness (QED) is 0.389. The Hall–Kier alpha value is -2.41. The lowest BCUT2D eigenvalue weighted by molar-refractivity contribution is -0.135. The second-order valence-corrected chi connectivity index (χ2v) is 4.50. The number of benzene rings is 1. The van der Waals surface area contributed by atoms with E-state index in [0.717, 1.165) is 0 Å². The van der Waals surface area contributed by atoms with E-state index in [-0.39, 0.29) is 5.57 Å². The zero-order valence-corrected chi connectivity index (χ0v) is 12.3. The van der Waals surface area contributed by atoms with Gasteiger partial charge in [-0.05, 0) is 37.2 Å². The van der Waals surface area contributed by atoms with Crippen molar-refractivity contribution in [2.75, 3.05) is 20.8 Å². The number of esters is 1. The van der Waals surface area contributed by atoms with Crippen molar-refractivity contribution in [2.24, 2.45) is 5.16 Å². The number of ether oxygens (including phenoxy) is 2. The topological polar surface area (TPSA) is 69.2 Å². The van der Waals surface area contributed by atoms with Gasteiger partial charge >= 0.3 is 5.97 Å². The van der Waals surface area contributed by atoms with Gasteiger partial charge in [0.1, 0.15) is 24.7 Å². The minimum absolute atomic E-state index is 0.117. The first kappa shape index (κ1) is 16.0. The maximum Gasteiger partial charge on any atom is 0.333 e. The fourth-order valence-corrected chi connectivity index (χ4v) is 2.05. The summed E-state index contributed by atoms with van der Waals surface area (Å²) in [7, 11) is 2.78. The number of nitrogens with zero attached hydrogens (tertiary/aromatic N) is 1. The number of nitrogens with one attached hydrogen (secondary N) is 1. The van der Waals surface area contributed by atoms with Crippen LogP contribution in [-0.4, -0.2) is 38.7 Å². The molecule has 22 heavy (non-hydrogen) atoms. The number of carbonyl (C=O) groups excluding carboxylic acids is 1. The Morgan fingerprint density at radius 3 is 2.59 bits per heavy atom. The zero-order valence-electron chi connectivity index (χ0n) is 12.3. The molecule has 0 bridgehead atoms. The highest BCUT2D eigenvalue weighted by atomic mass is 19.1. The molecule has 1 atom stereocenters. The molecule has 7 heteroatoms. The Morgan fingerprint density at radius 1 is 1.27 bits per heavy atom. The molecule has 0 fully saturated rings. The van der Waals surface area contributed by atoms with Crippen molar-refractivity contribution in [3.05, 3.63) is 35.9 Å². The van der Waals surface area contributed by atoms with E-state index in [1.807, 2.05) is 0 Å². The molecule has 0 saturated carbocycles. The third-order valence-corrected chi connectivity index (χ3v) is 3.09. The van der Waals surface area contributed by atoms with Crippen molar-refractivity contribution in [3.63, 3.8) is 0 Å². The summed E-state index contributed by atoms with van der Waals surface area (Å²) in [5, 5.41) is 6.14. The van der Waals surface area contributed by atoms with Crippen molar-refractivity contribution in [2.45, 2.75) is 12.5 Å². The fourth-order valence-electron chi connectivity index (χ4n) is 2.05. The van der Waals surface area contributed by atoms with E-state index in [1.54, 1.807) is 37.5 Å². The highest BCUT2D eigenvalue weighted by Crippen LogP contribution is 2.20. The van der Waals surface area contributed by atoms with Crippen LogP contribution in [0.25, 0.3) is 0 Å². The second kappa shape index (κ2) is 7.56. The average Bonchev–Trinajstić information content (AvgIpc) is 2.55. The predicted octanol–water partition coefficient (Wildman–Crippen LogP) is 1.82. The lowest BCUT2D eigenvalue weighted by Crippen LogP contribution is -2.45. The number of methoxy groups -OCH3 is 1. The molecule has 1 aliphatic rings. The average molecular weight is 308 g/mol. The molecule has 0 aromatic heterocycles. The van der Waals surface area contributed by atoms with E-state index in [2.05, 4.69) is 15.3 Å². The Labute approximate surface area is 127 Å². The maximum absolute atomic E-state index is 13.8. The third kappa shape index (κ3) is 3.82. The molecule has 0 spiro atoms. The van der Waals surface area contributed by atoms with Crippen LogP contribution < -0.4 is 14.8 Å². The first-order chi connectivity index (χ1) is 10.7. The first-order valence-electron chi connectivity index (χ1n) is 6.72. The number of hydrogen-bond acceptors (Lipinski definition) is 6. The SMILES string of the molecule is CON=C(F)C1=CCCNC1C(=O)Oc1ccc(OC)cc1. The van der Waals surface area contributed by atoms with E-state index in [1.165, 1.54) is 7.11 Å². The van der Waals surface area contributed by atoms with E-state index < -0.39 is 18.0 Å². The molecule has 0 amide bonds. The van der Waals surface area contributed by atoms with Gasteiger partial charge in [-0.1, -0.05) is 11.2 Å². The second-order valence-electron chi connectivity index (χ2n) is 4.50. The van der Waals surface area contributed by atoms with Gasteiger partial charge in [0.2, 0.25) is 0 Å². The van der Waals surface area contributed by atoms with Crippen molar-refractivity contribution in [1.82, 2.24) is 5.32 Å². The predicted molar refractivity (Wildman–Crippen MR) is 78.7 cm³/mol. The zero-order chi connectivity index (χ0) is 15.9. The van der Waals surface area contributed by atoms with Gasteiger partial charge in [-0.15, -0.1) is 0 Å². The number of halogens is 1. The highest BCUT2D eigenvalue weighted by Gasteiger charge is 2.30. The van der Waals surface area contributed by atoms with Gasteiger partial charge in [0, 0.05) is 5.57 Å². The molecule has 118 valence electrons. The van der Waals surface area contributed by atoms with Gasteiger partial charge in [0.25, 0.3) is 5.97 Å². The molecule has 1 aromatic carbocycles. The maximum atomic E-state index is 13.8. The summed E-state index contributed by atoms with van der Waals surface area (Å²) in [4.78, 5) is 16.6. The fraction of sp³-hybridized carbons (Fsp3) is 0.333. The van der Waals surface area contributed by atoms with Crippen LogP contribution in [0.1, 0.15) is 6.42 Å². The van der Waals surface area contributed by atoms with Crippen molar-refractivity contribution in [3.8, 4) is 11.5 Å². The van der Waals surface area contributed by atoms with Crippen molar-refractivity contribution < 1.29 is 23.5 Å². The van der Waals surface area contributed by atoms with Crippen LogP contribution in [0.2, 0.25) is 0 Å². The largest absolute Gasteiger partial charge is 0.497 e. The smallest absolute Gasteiger partial charge is 0.333 e. The summed E-state index contributed by atoms with van der Waals surface area (Å²) >= 11 is 0. The summed E-state index contributed by atoms with van der Waals surface area (Å²) in [6.45, 7) is 0.548. The number of rotatable bonds is 5. The highest BCUT2D eigenvalue weighted by molar-refractivity contribution is 6.00. The van der Waals surface area contributed by atoms with Crippen molar-refractivity contribution in [1.29, 1.82) is 0 Å². The number of hydrogen-bond donors (Lipinski definition) is 1. The third-order valence-electron chi connectivity index (χ3n) is 3.09. The molecule has 1 aromatic rings. The Bertz CT molecular complexity index is 584. The monoisotopic (exact) mass is 308 g/mol. The van der Waals surface area contributed by atoms with Crippen LogP contribution in [0.5, 0.6) is 11.5 Å². The lowest BCUT2D eigenvalue weighted by atomic mass is 10.0. The first-order valence-corrected chi connectivity index (χ1v) is 6.72. The molecule has 6 nitrogen and oxygen atoms in total. The van der Waals surface area contributed by atoms with Crippen LogP contribution in [0.15, 0.2) is 41.1 Å². The molecule has 0 aliphatic carbocycles. The van der Waals surface area contributed by atoms with Crippen LogP contribution in [0, 0.1) is 0 Å². The van der Waals surface area contributed by atoms with Gasteiger partial charge < -0.3 is 19.6 Å². The molecule has 1 aliphatic heterocycles. The molecule has 1 N–H and O–H groups in total. The van der Waals surface area contributed by atoms with Crippen LogP contribution in [-0.2, 0) is 9.63 Å². The summed E-state index contributed by atoms with van der Waals surface area (Å²) in [6, 6.07) is 5.61. The number of oxime groups is 1. The minimum atomic E-state index is -0.922. The number of carbonyl (C=O) groups is 1. The Kier molecular flexibility index (Phi) is 5.48. The van der Waals surface area contributed by atoms with Gasteiger partial charge in [-0.2, -0.15) is 4.39 Å². The Balaban J connectivity index is 2.11. The van der Waals surface area contributed by atoms with Gasteiger partial charge in [0.05, 0.1) is 7.11 Å². The van der Waals surface area contributed by atoms with Gasteiger partial charge in [-0.3, -0.25) is 0 Å².